The number of benzene rings is 1. The number of piperazine rings is 1. The first-order chi connectivity index (χ1) is 14.0. The fraction of sp³-hybridized carbons (Fsp3) is 0.300. The van der Waals surface area contributed by atoms with Crippen molar-refractivity contribution < 1.29 is 4.79 Å². The second kappa shape index (κ2) is 8.00. The average molecular weight is 431 g/mol. The van der Waals surface area contributed by atoms with Crippen LogP contribution in [-0.2, 0) is 4.79 Å². The zero-order valence-electron chi connectivity index (χ0n) is 16.1. The van der Waals surface area contributed by atoms with Gasteiger partial charge in [-0.3, -0.25) is 4.79 Å². The van der Waals surface area contributed by atoms with E-state index in [2.05, 4.69) is 20.0 Å². The van der Waals surface area contributed by atoms with Crippen molar-refractivity contribution in [1.82, 2.24) is 24.5 Å². The van der Waals surface area contributed by atoms with Gasteiger partial charge in [0, 0.05) is 48.5 Å². The van der Waals surface area contributed by atoms with Crippen LogP contribution in [0, 0.1) is 0 Å². The van der Waals surface area contributed by atoms with Gasteiger partial charge in [0.05, 0.1) is 10.7 Å². The number of rotatable bonds is 3. The molecule has 7 nitrogen and oxygen atoms in total. The predicted molar refractivity (Wildman–Crippen MR) is 114 cm³/mol. The largest absolute Gasteiger partial charge is 0.336 e. The summed E-state index contributed by atoms with van der Waals surface area (Å²) in [6.07, 6.45) is 3.52. The van der Waals surface area contributed by atoms with Gasteiger partial charge < -0.3 is 9.80 Å². The normalized spacial score (nSPS) is 15.2. The fourth-order valence-electron chi connectivity index (χ4n) is 3.30. The quantitative estimate of drug-likeness (QED) is 0.592. The Hall–Kier alpha value is -2.64. The van der Waals surface area contributed by atoms with Crippen LogP contribution in [0.15, 0.2) is 42.1 Å². The number of hydrogen-bond acceptors (Lipinski definition) is 5. The molecule has 150 valence electrons. The molecular weight excluding hydrogens is 411 g/mol. The lowest BCUT2D eigenvalue weighted by molar-refractivity contribution is -0.127. The summed E-state index contributed by atoms with van der Waals surface area (Å²) in [5.74, 6) is 1.14. The van der Waals surface area contributed by atoms with Gasteiger partial charge >= 0.3 is 0 Å². The molecule has 1 amide bonds. The number of amides is 1. The molecule has 4 rings (SSSR count). The summed E-state index contributed by atoms with van der Waals surface area (Å²) in [5, 5.41) is 5.82. The number of fused-ring (bicyclic) bond motifs is 1. The van der Waals surface area contributed by atoms with Crippen molar-refractivity contribution in [2.45, 2.75) is 13.8 Å². The lowest BCUT2D eigenvalue weighted by Crippen LogP contribution is -2.49. The van der Waals surface area contributed by atoms with Crippen molar-refractivity contribution in [2.75, 3.05) is 31.1 Å². The summed E-state index contributed by atoms with van der Waals surface area (Å²) < 4.78 is 1.67. The lowest BCUT2D eigenvalue weighted by Gasteiger charge is -2.34. The Kier molecular flexibility index (Phi) is 5.43. The summed E-state index contributed by atoms with van der Waals surface area (Å²) in [6, 6.07) is 7.13. The van der Waals surface area contributed by atoms with E-state index in [0.29, 0.717) is 48.0 Å². The molecule has 0 aliphatic carbocycles. The van der Waals surface area contributed by atoms with Gasteiger partial charge in [-0.15, -0.1) is 5.10 Å². The van der Waals surface area contributed by atoms with Crippen LogP contribution >= 0.6 is 23.2 Å². The average Bonchev–Trinajstić information content (AvgIpc) is 3.19. The van der Waals surface area contributed by atoms with Gasteiger partial charge in [0.2, 0.25) is 11.9 Å². The first-order valence-corrected chi connectivity index (χ1v) is 10.1. The third kappa shape index (κ3) is 3.80. The van der Waals surface area contributed by atoms with E-state index in [9.17, 15) is 4.79 Å². The van der Waals surface area contributed by atoms with Crippen LogP contribution in [0.1, 0.15) is 13.8 Å². The Balaban J connectivity index is 1.61. The Morgan fingerprint density at radius 2 is 1.90 bits per heavy atom. The maximum atomic E-state index is 12.3. The number of aromatic nitrogens is 4. The number of allylic oxidation sites excluding steroid dienone is 1. The van der Waals surface area contributed by atoms with Crippen molar-refractivity contribution in [2.24, 2.45) is 0 Å². The molecule has 3 heterocycles. The monoisotopic (exact) mass is 430 g/mol. The minimum absolute atomic E-state index is 0.0784. The van der Waals surface area contributed by atoms with Crippen LogP contribution in [0.4, 0.5) is 5.95 Å². The maximum Gasteiger partial charge on any atom is 0.254 e. The third-order valence-corrected chi connectivity index (χ3v) is 5.62. The Bertz CT molecular complexity index is 1100. The molecule has 9 heteroatoms. The summed E-state index contributed by atoms with van der Waals surface area (Å²) in [6.45, 7) is 6.28. The molecule has 0 saturated carbocycles. The SMILES string of the molecule is C/C=C(\C)C(=O)N1CCN(c2nc3nccc(-c4cc(Cl)ccc4Cl)n3n2)CC1. The van der Waals surface area contributed by atoms with Gasteiger partial charge in [-0.1, -0.05) is 29.3 Å². The highest BCUT2D eigenvalue weighted by Gasteiger charge is 2.24. The van der Waals surface area contributed by atoms with E-state index in [-0.39, 0.29) is 5.91 Å². The Labute approximate surface area is 178 Å². The summed E-state index contributed by atoms with van der Waals surface area (Å²) >= 11 is 12.5. The van der Waals surface area contributed by atoms with E-state index in [0.717, 1.165) is 16.8 Å². The number of carbonyl (C=O) groups excluding carboxylic acids is 1. The second-order valence-corrected chi connectivity index (χ2v) is 7.67. The molecule has 3 aromatic rings. The number of anilines is 1. The van der Waals surface area contributed by atoms with Crippen LogP contribution in [-0.4, -0.2) is 56.6 Å². The van der Waals surface area contributed by atoms with Crippen LogP contribution < -0.4 is 4.90 Å². The molecule has 0 spiro atoms. The molecule has 1 aliphatic heterocycles. The van der Waals surface area contributed by atoms with E-state index in [1.165, 1.54) is 0 Å². The molecule has 1 fully saturated rings. The predicted octanol–water partition coefficient (Wildman–Crippen LogP) is 3.71. The first kappa shape index (κ1) is 19.7. The summed E-state index contributed by atoms with van der Waals surface area (Å²) in [7, 11) is 0. The second-order valence-electron chi connectivity index (χ2n) is 6.83. The van der Waals surface area contributed by atoms with Gasteiger partial charge in [0.25, 0.3) is 5.78 Å². The highest BCUT2D eigenvalue weighted by atomic mass is 35.5. The van der Waals surface area contributed by atoms with E-state index < -0.39 is 0 Å². The van der Waals surface area contributed by atoms with E-state index >= 15 is 0 Å². The van der Waals surface area contributed by atoms with Crippen molar-refractivity contribution in [1.29, 1.82) is 0 Å². The van der Waals surface area contributed by atoms with E-state index in [1.807, 2.05) is 30.9 Å². The highest BCUT2D eigenvalue weighted by molar-refractivity contribution is 6.35. The Morgan fingerprint density at radius 3 is 2.62 bits per heavy atom. The van der Waals surface area contributed by atoms with Crippen LogP contribution in [0.25, 0.3) is 17.0 Å². The molecule has 0 N–H and O–H groups in total. The number of halogens is 2. The van der Waals surface area contributed by atoms with Gasteiger partial charge in [-0.2, -0.15) is 9.50 Å². The molecule has 1 aliphatic rings. The highest BCUT2D eigenvalue weighted by Crippen LogP contribution is 2.30. The zero-order chi connectivity index (χ0) is 20.5. The number of hydrogen-bond donors (Lipinski definition) is 0. The Morgan fingerprint density at radius 1 is 1.14 bits per heavy atom. The number of carbonyl (C=O) groups is 1. The van der Waals surface area contributed by atoms with Crippen molar-refractivity contribution >= 4 is 40.8 Å². The van der Waals surface area contributed by atoms with Crippen LogP contribution in [0.5, 0.6) is 0 Å². The van der Waals surface area contributed by atoms with Gasteiger partial charge in [-0.05, 0) is 38.1 Å². The summed E-state index contributed by atoms with van der Waals surface area (Å²) in [5.41, 5.74) is 2.29. The molecule has 29 heavy (non-hydrogen) atoms. The molecule has 2 aromatic heterocycles. The third-order valence-electron chi connectivity index (χ3n) is 5.05. The van der Waals surface area contributed by atoms with Crippen LogP contribution in [0.3, 0.4) is 0 Å². The topological polar surface area (TPSA) is 66.6 Å². The molecule has 0 radical (unpaired) electrons. The lowest BCUT2D eigenvalue weighted by atomic mass is 10.1. The zero-order valence-corrected chi connectivity index (χ0v) is 17.7. The molecule has 1 aromatic carbocycles. The van der Waals surface area contributed by atoms with Crippen molar-refractivity contribution in [3.63, 3.8) is 0 Å². The minimum Gasteiger partial charge on any atom is -0.336 e. The summed E-state index contributed by atoms with van der Waals surface area (Å²) in [4.78, 5) is 25.2. The fourth-order valence-corrected chi connectivity index (χ4v) is 3.68. The van der Waals surface area contributed by atoms with Gasteiger partial charge in [0.1, 0.15) is 0 Å². The maximum absolute atomic E-state index is 12.3. The standard InChI is InChI=1S/C20H20Cl2N6O/c1-3-13(2)18(29)26-8-10-27(11-9-26)20-24-19-23-7-6-17(28(19)25-20)15-12-14(21)4-5-16(15)22/h3-7,12H,8-11H2,1-2H3/b13-3+. The first-order valence-electron chi connectivity index (χ1n) is 9.32. The van der Waals surface area contributed by atoms with Gasteiger partial charge in [0.15, 0.2) is 0 Å². The van der Waals surface area contributed by atoms with E-state index in [4.69, 9.17) is 23.2 Å². The van der Waals surface area contributed by atoms with Crippen molar-refractivity contribution in [3.8, 4) is 11.3 Å². The molecular formula is C20H20Cl2N6O. The van der Waals surface area contributed by atoms with Gasteiger partial charge in [-0.25, -0.2) is 4.98 Å². The van der Waals surface area contributed by atoms with Crippen LogP contribution in [0.2, 0.25) is 10.0 Å². The number of nitrogens with zero attached hydrogens (tertiary/aromatic N) is 6. The molecule has 0 atom stereocenters. The molecule has 1 saturated heterocycles. The van der Waals surface area contributed by atoms with E-state index in [1.54, 1.807) is 28.9 Å². The minimum atomic E-state index is 0.0784. The van der Waals surface area contributed by atoms with Crippen molar-refractivity contribution in [3.05, 3.63) is 52.2 Å². The molecule has 0 bridgehead atoms. The molecule has 0 unspecified atom stereocenters. The smallest absolute Gasteiger partial charge is 0.254 e.